The monoisotopic (exact) mass is 312 g/mol. The van der Waals surface area contributed by atoms with Crippen molar-refractivity contribution in [3.05, 3.63) is 29.8 Å². The lowest BCUT2D eigenvalue weighted by Gasteiger charge is -2.22. The van der Waals surface area contributed by atoms with Crippen LogP contribution in [0.4, 0.5) is 5.69 Å². The first-order valence-electron chi connectivity index (χ1n) is 6.99. The molecule has 0 aliphatic heterocycles. The topological polar surface area (TPSA) is 75.3 Å². The van der Waals surface area contributed by atoms with E-state index in [0.29, 0.717) is 5.56 Å². The van der Waals surface area contributed by atoms with Gasteiger partial charge in [0, 0.05) is 30.6 Å². The third-order valence-corrected chi connectivity index (χ3v) is 5.56. The molecule has 1 aromatic rings. The van der Waals surface area contributed by atoms with Gasteiger partial charge < -0.3 is 10.6 Å². The number of sulfone groups is 1. The van der Waals surface area contributed by atoms with Crippen LogP contribution in [0.1, 0.15) is 37.6 Å². The van der Waals surface area contributed by atoms with Crippen LogP contribution in [-0.4, -0.2) is 38.4 Å². The smallest absolute Gasteiger partial charge is 0.251 e. The highest BCUT2D eigenvalue weighted by atomic mass is 32.2. The molecule has 2 N–H and O–H groups in total. The van der Waals surface area contributed by atoms with Crippen molar-refractivity contribution in [3.63, 3.8) is 0 Å². The number of rotatable bonds is 7. The summed E-state index contributed by atoms with van der Waals surface area (Å²) >= 11 is 0. The zero-order valence-electron chi connectivity index (χ0n) is 13.1. The van der Waals surface area contributed by atoms with Crippen molar-refractivity contribution < 1.29 is 13.2 Å². The SMILES string of the molecule is CCCNc1ccc(C(=O)NCC(C)(C)S(C)(=O)=O)cc1. The van der Waals surface area contributed by atoms with E-state index in [4.69, 9.17) is 0 Å². The van der Waals surface area contributed by atoms with Crippen molar-refractivity contribution in [1.29, 1.82) is 0 Å². The van der Waals surface area contributed by atoms with Crippen LogP contribution in [0.5, 0.6) is 0 Å². The Bertz CT molecular complexity index is 577. The van der Waals surface area contributed by atoms with E-state index in [1.807, 2.05) is 12.1 Å². The molecule has 0 radical (unpaired) electrons. The molecule has 0 bridgehead atoms. The number of nitrogens with one attached hydrogen (secondary N) is 2. The van der Waals surface area contributed by atoms with Gasteiger partial charge in [0.2, 0.25) is 0 Å². The van der Waals surface area contributed by atoms with Gasteiger partial charge >= 0.3 is 0 Å². The fourth-order valence-corrected chi connectivity index (χ4v) is 1.87. The molecule has 0 saturated carbocycles. The zero-order valence-corrected chi connectivity index (χ0v) is 13.9. The van der Waals surface area contributed by atoms with Crippen LogP contribution >= 0.6 is 0 Å². The lowest BCUT2D eigenvalue weighted by Crippen LogP contribution is -2.43. The van der Waals surface area contributed by atoms with Gasteiger partial charge in [0.15, 0.2) is 9.84 Å². The quantitative estimate of drug-likeness (QED) is 0.808. The van der Waals surface area contributed by atoms with Crippen LogP contribution in [0.2, 0.25) is 0 Å². The van der Waals surface area contributed by atoms with Crippen molar-refractivity contribution in [2.24, 2.45) is 0 Å². The van der Waals surface area contributed by atoms with Crippen molar-refractivity contribution in [1.82, 2.24) is 5.32 Å². The minimum absolute atomic E-state index is 0.0838. The molecule has 0 unspecified atom stereocenters. The highest BCUT2D eigenvalue weighted by molar-refractivity contribution is 7.92. The average molecular weight is 312 g/mol. The maximum absolute atomic E-state index is 12.0. The molecule has 0 heterocycles. The average Bonchev–Trinajstić information content (AvgIpc) is 2.42. The summed E-state index contributed by atoms with van der Waals surface area (Å²) in [5, 5.41) is 5.90. The summed E-state index contributed by atoms with van der Waals surface area (Å²) in [6, 6.07) is 7.13. The van der Waals surface area contributed by atoms with Gasteiger partial charge in [-0.1, -0.05) is 6.92 Å². The number of hydrogen-bond acceptors (Lipinski definition) is 4. The van der Waals surface area contributed by atoms with E-state index in [2.05, 4.69) is 17.6 Å². The molecule has 5 nitrogen and oxygen atoms in total. The lowest BCUT2D eigenvalue weighted by atomic mass is 10.1. The van der Waals surface area contributed by atoms with Crippen LogP contribution in [-0.2, 0) is 9.84 Å². The normalized spacial score (nSPS) is 12.0. The number of carbonyl (C=O) groups excluding carboxylic acids is 1. The zero-order chi connectivity index (χ0) is 16.1. The molecule has 0 atom stereocenters. The lowest BCUT2D eigenvalue weighted by molar-refractivity contribution is 0.0950. The van der Waals surface area contributed by atoms with Crippen LogP contribution in [0, 0.1) is 0 Å². The van der Waals surface area contributed by atoms with Crippen LogP contribution in [0.25, 0.3) is 0 Å². The van der Waals surface area contributed by atoms with E-state index in [1.54, 1.807) is 26.0 Å². The molecule has 0 spiro atoms. The van der Waals surface area contributed by atoms with E-state index in [-0.39, 0.29) is 12.5 Å². The molecule has 0 aliphatic carbocycles. The van der Waals surface area contributed by atoms with Gasteiger partial charge in [0.25, 0.3) is 5.91 Å². The highest BCUT2D eigenvalue weighted by Crippen LogP contribution is 2.14. The predicted molar refractivity (Wildman–Crippen MR) is 86.5 cm³/mol. The summed E-state index contributed by atoms with van der Waals surface area (Å²) in [5.74, 6) is -0.270. The summed E-state index contributed by atoms with van der Waals surface area (Å²) < 4.78 is 22.2. The van der Waals surface area contributed by atoms with Gasteiger partial charge in [-0.3, -0.25) is 4.79 Å². The molecule has 0 aromatic heterocycles. The first kappa shape index (κ1) is 17.5. The Morgan fingerprint density at radius 3 is 2.24 bits per heavy atom. The first-order valence-corrected chi connectivity index (χ1v) is 8.88. The Kier molecular flexibility index (Phi) is 5.78. The van der Waals surface area contributed by atoms with Gasteiger partial charge in [-0.15, -0.1) is 0 Å². The molecule has 6 heteroatoms. The Balaban J connectivity index is 2.64. The summed E-state index contributed by atoms with van der Waals surface area (Å²) in [6.45, 7) is 6.24. The van der Waals surface area contributed by atoms with Gasteiger partial charge in [0.05, 0.1) is 4.75 Å². The van der Waals surface area contributed by atoms with Crippen LogP contribution in [0.3, 0.4) is 0 Å². The second-order valence-electron chi connectivity index (χ2n) is 5.72. The Hall–Kier alpha value is -1.56. The number of anilines is 1. The molecular formula is C15H24N2O3S. The maximum atomic E-state index is 12.0. The van der Waals surface area contributed by atoms with Crippen molar-refractivity contribution >= 4 is 21.4 Å². The number of hydrogen-bond donors (Lipinski definition) is 2. The van der Waals surface area contributed by atoms with Gasteiger partial charge in [-0.05, 0) is 44.5 Å². The van der Waals surface area contributed by atoms with Gasteiger partial charge in [0.1, 0.15) is 0 Å². The molecule has 0 saturated heterocycles. The van der Waals surface area contributed by atoms with E-state index in [0.717, 1.165) is 18.7 Å². The molecule has 118 valence electrons. The second kappa shape index (κ2) is 6.93. The fourth-order valence-electron chi connectivity index (χ4n) is 1.54. The molecule has 0 fully saturated rings. The van der Waals surface area contributed by atoms with Gasteiger partial charge in [-0.2, -0.15) is 0 Å². The summed E-state index contributed by atoms with van der Waals surface area (Å²) in [6.07, 6.45) is 2.20. The third kappa shape index (κ3) is 5.04. The van der Waals surface area contributed by atoms with Crippen molar-refractivity contribution in [3.8, 4) is 0 Å². The van der Waals surface area contributed by atoms with E-state index in [1.165, 1.54) is 6.26 Å². The van der Waals surface area contributed by atoms with Crippen LogP contribution < -0.4 is 10.6 Å². The number of amides is 1. The minimum Gasteiger partial charge on any atom is -0.385 e. The molecule has 1 aromatic carbocycles. The predicted octanol–water partition coefficient (Wildman–Crippen LogP) is 2.06. The molecule has 1 amide bonds. The Morgan fingerprint density at radius 2 is 1.76 bits per heavy atom. The van der Waals surface area contributed by atoms with Crippen molar-refractivity contribution in [2.75, 3.05) is 24.7 Å². The van der Waals surface area contributed by atoms with Crippen LogP contribution in [0.15, 0.2) is 24.3 Å². The summed E-state index contributed by atoms with van der Waals surface area (Å²) in [4.78, 5) is 12.0. The minimum atomic E-state index is -3.22. The van der Waals surface area contributed by atoms with E-state index < -0.39 is 14.6 Å². The van der Waals surface area contributed by atoms with E-state index >= 15 is 0 Å². The highest BCUT2D eigenvalue weighted by Gasteiger charge is 2.30. The van der Waals surface area contributed by atoms with Crippen molar-refractivity contribution in [2.45, 2.75) is 31.9 Å². The molecule has 1 rings (SSSR count). The fraction of sp³-hybridized carbons (Fsp3) is 0.533. The largest absolute Gasteiger partial charge is 0.385 e. The second-order valence-corrected chi connectivity index (χ2v) is 8.37. The summed E-state index contributed by atoms with van der Waals surface area (Å²) in [7, 11) is -3.22. The molecule has 0 aliphatic rings. The Labute approximate surface area is 127 Å². The Morgan fingerprint density at radius 1 is 1.19 bits per heavy atom. The maximum Gasteiger partial charge on any atom is 0.251 e. The van der Waals surface area contributed by atoms with Gasteiger partial charge in [-0.25, -0.2) is 8.42 Å². The number of benzene rings is 1. The number of carbonyl (C=O) groups is 1. The van der Waals surface area contributed by atoms with E-state index in [9.17, 15) is 13.2 Å². The molecular weight excluding hydrogens is 288 g/mol. The standard InChI is InChI=1S/C15H24N2O3S/c1-5-10-16-13-8-6-12(7-9-13)14(18)17-11-15(2,3)21(4,19)20/h6-9,16H,5,10-11H2,1-4H3,(H,17,18). The first-order chi connectivity index (χ1) is 9.67. The summed E-state index contributed by atoms with van der Waals surface area (Å²) in [5.41, 5.74) is 1.48. The third-order valence-electron chi connectivity index (χ3n) is 3.40. The molecule has 21 heavy (non-hydrogen) atoms.